The van der Waals surface area contributed by atoms with Crippen molar-refractivity contribution in [3.05, 3.63) is 5.01 Å². The van der Waals surface area contributed by atoms with E-state index < -0.39 is 10.0 Å². The monoisotopic (exact) mass is 318 g/mol. The maximum atomic E-state index is 12.1. The molecule has 112 valence electrons. The van der Waals surface area contributed by atoms with Crippen LogP contribution < -0.4 is 5.32 Å². The van der Waals surface area contributed by atoms with Gasteiger partial charge in [-0.3, -0.25) is 4.79 Å². The lowest BCUT2D eigenvalue weighted by molar-refractivity contribution is -0.120. The van der Waals surface area contributed by atoms with Gasteiger partial charge in [0.2, 0.25) is 21.1 Å². The molecule has 1 fully saturated rings. The molecule has 1 aromatic heterocycles. The lowest BCUT2D eigenvalue weighted by Gasteiger charge is -2.29. The molecule has 0 saturated carbocycles. The molecule has 1 aliphatic rings. The molecule has 1 aliphatic heterocycles. The van der Waals surface area contributed by atoms with E-state index in [0.29, 0.717) is 24.5 Å². The number of aromatic nitrogens is 2. The van der Waals surface area contributed by atoms with E-state index in [-0.39, 0.29) is 18.4 Å². The molecule has 1 unspecified atom stereocenters. The number of hydrogen-bond acceptors (Lipinski definition) is 6. The number of carbonyl (C=O) groups is 1. The number of nitrogens with zero attached hydrogens (tertiary/aromatic N) is 3. The summed E-state index contributed by atoms with van der Waals surface area (Å²) in [5.41, 5.74) is 0. The zero-order valence-corrected chi connectivity index (χ0v) is 13.1. The highest BCUT2D eigenvalue weighted by Crippen LogP contribution is 2.22. The van der Waals surface area contributed by atoms with Crippen molar-refractivity contribution in [1.29, 1.82) is 0 Å². The van der Waals surface area contributed by atoms with Gasteiger partial charge in [-0.2, -0.15) is 0 Å². The van der Waals surface area contributed by atoms with Crippen LogP contribution in [0.5, 0.6) is 0 Å². The number of hydrogen-bond donors (Lipinski definition) is 1. The molecule has 0 bridgehead atoms. The van der Waals surface area contributed by atoms with Gasteiger partial charge in [-0.05, 0) is 19.3 Å². The summed E-state index contributed by atoms with van der Waals surface area (Å²) in [4.78, 5) is 12.1. The van der Waals surface area contributed by atoms with E-state index in [1.54, 1.807) is 0 Å². The van der Waals surface area contributed by atoms with Crippen molar-refractivity contribution in [1.82, 2.24) is 14.5 Å². The van der Waals surface area contributed by atoms with Crippen molar-refractivity contribution in [3.63, 3.8) is 0 Å². The van der Waals surface area contributed by atoms with Crippen LogP contribution in [0.1, 0.15) is 24.8 Å². The topological polar surface area (TPSA) is 92.3 Å². The second-order valence-electron chi connectivity index (χ2n) is 4.80. The van der Waals surface area contributed by atoms with Crippen LogP contribution in [0.4, 0.5) is 5.13 Å². The van der Waals surface area contributed by atoms with Gasteiger partial charge in [0.05, 0.1) is 12.2 Å². The Morgan fingerprint density at radius 2 is 2.25 bits per heavy atom. The Labute approximate surface area is 122 Å². The van der Waals surface area contributed by atoms with Crippen LogP contribution in [0.3, 0.4) is 0 Å². The summed E-state index contributed by atoms with van der Waals surface area (Å²) in [6.07, 6.45) is 3.34. The third-order valence-corrected chi connectivity index (χ3v) is 5.48. The molecule has 1 atom stereocenters. The zero-order chi connectivity index (χ0) is 14.8. The van der Waals surface area contributed by atoms with Gasteiger partial charge in [0, 0.05) is 13.1 Å². The lowest BCUT2D eigenvalue weighted by Crippen LogP contribution is -2.43. The minimum absolute atomic E-state index is 0.183. The SMILES string of the molecule is CCc1nnc(NC(=O)C2CCCN(S(C)(=O)=O)C2)s1. The van der Waals surface area contributed by atoms with Crippen LogP contribution in [0, 0.1) is 5.92 Å². The van der Waals surface area contributed by atoms with Crippen LogP contribution >= 0.6 is 11.3 Å². The van der Waals surface area contributed by atoms with Gasteiger partial charge in [-0.15, -0.1) is 10.2 Å². The van der Waals surface area contributed by atoms with E-state index in [2.05, 4.69) is 15.5 Å². The lowest BCUT2D eigenvalue weighted by atomic mass is 9.99. The summed E-state index contributed by atoms with van der Waals surface area (Å²) in [7, 11) is -3.24. The molecule has 0 radical (unpaired) electrons. The highest BCUT2D eigenvalue weighted by molar-refractivity contribution is 7.88. The second kappa shape index (κ2) is 6.15. The predicted octanol–water partition coefficient (Wildman–Crippen LogP) is 0.711. The minimum Gasteiger partial charge on any atom is -0.300 e. The Hall–Kier alpha value is -1.06. The first-order valence-electron chi connectivity index (χ1n) is 6.48. The molecule has 0 aliphatic carbocycles. The maximum Gasteiger partial charge on any atom is 0.230 e. The number of amides is 1. The van der Waals surface area contributed by atoms with Gasteiger partial charge in [0.1, 0.15) is 5.01 Å². The van der Waals surface area contributed by atoms with Crippen LogP contribution in [0.15, 0.2) is 0 Å². The van der Waals surface area contributed by atoms with Gasteiger partial charge in [0.25, 0.3) is 0 Å². The quantitative estimate of drug-likeness (QED) is 0.882. The van der Waals surface area contributed by atoms with Crippen LogP contribution in [-0.2, 0) is 21.2 Å². The number of piperidine rings is 1. The Bertz CT molecular complexity index is 584. The van der Waals surface area contributed by atoms with Crippen molar-refractivity contribution in [2.75, 3.05) is 24.7 Å². The molecule has 20 heavy (non-hydrogen) atoms. The van der Waals surface area contributed by atoms with E-state index in [4.69, 9.17) is 0 Å². The molecule has 9 heteroatoms. The third-order valence-electron chi connectivity index (χ3n) is 3.22. The molecule has 2 heterocycles. The van der Waals surface area contributed by atoms with E-state index in [9.17, 15) is 13.2 Å². The summed E-state index contributed by atoms with van der Waals surface area (Å²) in [5.74, 6) is -0.510. The second-order valence-corrected chi connectivity index (χ2v) is 7.85. The summed E-state index contributed by atoms with van der Waals surface area (Å²) in [6.45, 7) is 2.70. The van der Waals surface area contributed by atoms with Gasteiger partial charge in [0.15, 0.2) is 0 Å². The minimum atomic E-state index is -3.24. The van der Waals surface area contributed by atoms with Crippen molar-refractivity contribution in [2.45, 2.75) is 26.2 Å². The van der Waals surface area contributed by atoms with Crippen molar-refractivity contribution in [2.24, 2.45) is 5.92 Å². The van der Waals surface area contributed by atoms with Crippen molar-refractivity contribution >= 4 is 32.4 Å². The summed E-state index contributed by atoms with van der Waals surface area (Å²) < 4.78 is 24.4. The average Bonchev–Trinajstić information content (AvgIpc) is 2.85. The Balaban J connectivity index is 1.98. The maximum absolute atomic E-state index is 12.1. The first-order valence-corrected chi connectivity index (χ1v) is 9.15. The van der Waals surface area contributed by atoms with Crippen molar-refractivity contribution < 1.29 is 13.2 Å². The molecule has 1 amide bonds. The number of rotatable bonds is 4. The first kappa shape index (κ1) is 15.3. The van der Waals surface area contributed by atoms with Crippen LogP contribution in [0.25, 0.3) is 0 Å². The number of aryl methyl sites for hydroxylation is 1. The van der Waals surface area contributed by atoms with Crippen LogP contribution in [0.2, 0.25) is 0 Å². The summed E-state index contributed by atoms with van der Waals surface area (Å²) in [5, 5.41) is 11.9. The number of carbonyl (C=O) groups excluding carboxylic acids is 1. The fraction of sp³-hybridized carbons (Fsp3) is 0.727. The summed E-state index contributed by atoms with van der Waals surface area (Å²) in [6, 6.07) is 0. The van der Waals surface area contributed by atoms with Gasteiger partial charge >= 0.3 is 0 Å². The predicted molar refractivity (Wildman–Crippen MR) is 77.1 cm³/mol. The fourth-order valence-corrected chi connectivity index (χ4v) is 3.71. The molecule has 0 aromatic carbocycles. The third kappa shape index (κ3) is 3.74. The number of anilines is 1. The zero-order valence-electron chi connectivity index (χ0n) is 11.5. The largest absolute Gasteiger partial charge is 0.300 e. The number of sulfonamides is 1. The number of nitrogens with one attached hydrogen (secondary N) is 1. The normalized spacial score (nSPS) is 20.8. The molecular formula is C11H18N4O3S2. The first-order chi connectivity index (χ1) is 9.40. The Kier molecular flexibility index (Phi) is 4.71. The summed E-state index contributed by atoms with van der Waals surface area (Å²) >= 11 is 1.35. The van der Waals surface area contributed by atoms with E-state index in [1.165, 1.54) is 21.9 Å². The Morgan fingerprint density at radius 1 is 1.50 bits per heavy atom. The molecular weight excluding hydrogens is 300 g/mol. The molecule has 0 spiro atoms. The van der Waals surface area contributed by atoms with Gasteiger partial charge in [-0.1, -0.05) is 18.3 Å². The highest BCUT2D eigenvalue weighted by Gasteiger charge is 2.30. The molecule has 2 rings (SSSR count). The Morgan fingerprint density at radius 3 is 2.85 bits per heavy atom. The van der Waals surface area contributed by atoms with E-state index >= 15 is 0 Å². The van der Waals surface area contributed by atoms with Crippen molar-refractivity contribution in [3.8, 4) is 0 Å². The van der Waals surface area contributed by atoms with Crippen LogP contribution in [-0.4, -0.2) is 48.2 Å². The molecule has 1 saturated heterocycles. The van der Waals surface area contributed by atoms with E-state index in [0.717, 1.165) is 11.4 Å². The molecule has 1 aromatic rings. The van der Waals surface area contributed by atoms with Gasteiger partial charge < -0.3 is 5.32 Å². The fourth-order valence-electron chi connectivity index (χ4n) is 2.11. The van der Waals surface area contributed by atoms with E-state index in [1.807, 2.05) is 6.92 Å². The molecule has 7 nitrogen and oxygen atoms in total. The highest BCUT2D eigenvalue weighted by atomic mass is 32.2. The average molecular weight is 318 g/mol. The molecule has 1 N–H and O–H groups in total. The standard InChI is InChI=1S/C11H18N4O3S2/c1-3-9-13-14-11(19-9)12-10(16)8-5-4-6-15(7-8)20(2,17)18/h8H,3-7H2,1-2H3,(H,12,14,16). The smallest absolute Gasteiger partial charge is 0.230 e. The van der Waals surface area contributed by atoms with Gasteiger partial charge in [-0.25, -0.2) is 12.7 Å².